The second-order valence-corrected chi connectivity index (χ2v) is 5.81. The summed E-state index contributed by atoms with van der Waals surface area (Å²) in [6, 6.07) is 6.57. The van der Waals surface area contributed by atoms with Gasteiger partial charge < -0.3 is 4.42 Å². The number of benzene rings is 1. The van der Waals surface area contributed by atoms with Crippen molar-refractivity contribution in [1.82, 2.24) is 9.80 Å². The van der Waals surface area contributed by atoms with E-state index in [4.69, 9.17) is 16.0 Å². The van der Waals surface area contributed by atoms with Gasteiger partial charge in [-0.25, -0.2) is 9.18 Å². The van der Waals surface area contributed by atoms with E-state index in [0.717, 1.165) is 9.80 Å². The van der Waals surface area contributed by atoms with Crippen LogP contribution < -0.4 is 0 Å². The zero-order chi connectivity index (χ0) is 18.3. The first-order chi connectivity index (χ1) is 11.8. The number of amides is 4. The van der Waals surface area contributed by atoms with Gasteiger partial charge in [-0.15, -0.1) is 0 Å². The van der Waals surface area contributed by atoms with Gasteiger partial charge in [0.15, 0.2) is 0 Å². The molecule has 0 spiro atoms. The molecule has 0 bridgehead atoms. The lowest BCUT2D eigenvalue weighted by molar-refractivity contribution is -0.134. The molecule has 1 fully saturated rings. The number of carbonyl (C=O) groups excluding carboxylic acids is 3. The van der Waals surface area contributed by atoms with E-state index in [1.54, 1.807) is 12.1 Å². The van der Waals surface area contributed by atoms with Crippen LogP contribution in [0.4, 0.5) is 9.18 Å². The van der Waals surface area contributed by atoms with E-state index in [1.807, 2.05) is 0 Å². The lowest BCUT2D eigenvalue weighted by Crippen LogP contribution is -2.52. The van der Waals surface area contributed by atoms with Crippen molar-refractivity contribution in [2.75, 3.05) is 14.1 Å². The number of urea groups is 1. The Balaban J connectivity index is 1.95. The maximum atomic E-state index is 13.2. The number of hydrogen-bond acceptors (Lipinski definition) is 4. The van der Waals surface area contributed by atoms with Crippen LogP contribution in [-0.4, -0.2) is 41.7 Å². The minimum Gasteiger partial charge on any atom is -0.457 e. The molecular formula is C17H12ClFN2O4. The maximum absolute atomic E-state index is 13.2. The van der Waals surface area contributed by atoms with E-state index in [-0.39, 0.29) is 16.4 Å². The van der Waals surface area contributed by atoms with E-state index >= 15 is 0 Å². The Morgan fingerprint density at radius 3 is 2.28 bits per heavy atom. The van der Waals surface area contributed by atoms with Crippen LogP contribution in [0.15, 0.2) is 40.3 Å². The number of furan rings is 1. The monoisotopic (exact) mass is 362 g/mol. The number of halogens is 2. The molecule has 0 saturated carbocycles. The van der Waals surface area contributed by atoms with Gasteiger partial charge in [0.1, 0.15) is 22.9 Å². The van der Waals surface area contributed by atoms with Gasteiger partial charge in [-0.05, 0) is 36.4 Å². The van der Waals surface area contributed by atoms with Gasteiger partial charge in [0.2, 0.25) is 0 Å². The third kappa shape index (κ3) is 2.94. The minimum atomic E-state index is -0.712. The van der Waals surface area contributed by atoms with Crippen LogP contribution in [0.1, 0.15) is 5.76 Å². The van der Waals surface area contributed by atoms with Gasteiger partial charge in [0.05, 0.1) is 5.02 Å². The molecule has 0 unspecified atom stereocenters. The molecule has 1 saturated heterocycles. The quantitative estimate of drug-likeness (QED) is 0.607. The van der Waals surface area contributed by atoms with E-state index < -0.39 is 23.7 Å². The van der Waals surface area contributed by atoms with E-state index in [0.29, 0.717) is 11.3 Å². The number of hydrogen-bond donors (Lipinski definition) is 0. The zero-order valence-electron chi connectivity index (χ0n) is 13.2. The van der Waals surface area contributed by atoms with Crippen LogP contribution in [0.3, 0.4) is 0 Å². The molecule has 0 aliphatic carbocycles. The van der Waals surface area contributed by atoms with Crippen LogP contribution >= 0.6 is 11.6 Å². The largest absolute Gasteiger partial charge is 0.457 e. The topological polar surface area (TPSA) is 70.8 Å². The fraction of sp³-hybridized carbons (Fsp3) is 0.118. The van der Waals surface area contributed by atoms with Crippen LogP contribution in [0.2, 0.25) is 5.02 Å². The summed E-state index contributed by atoms with van der Waals surface area (Å²) < 4.78 is 18.8. The third-order valence-electron chi connectivity index (χ3n) is 3.76. The second-order valence-electron chi connectivity index (χ2n) is 5.40. The summed E-state index contributed by atoms with van der Waals surface area (Å²) in [5.41, 5.74) is 0.351. The van der Waals surface area contributed by atoms with Crippen LogP contribution in [0.5, 0.6) is 0 Å². The minimum absolute atomic E-state index is 0.0480. The van der Waals surface area contributed by atoms with Gasteiger partial charge in [0, 0.05) is 19.7 Å². The molecule has 3 rings (SSSR count). The Hall–Kier alpha value is -2.93. The molecule has 4 amide bonds. The molecule has 0 atom stereocenters. The molecule has 0 radical (unpaired) electrons. The first kappa shape index (κ1) is 16.9. The van der Waals surface area contributed by atoms with Crippen LogP contribution in [0, 0.1) is 5.82 Å². The highest BCUT2D eigenvalue weighted by molar-refractivity contribution is 6.31. The van der Waals surface area contributed by atoms with Gasteiger partial charge in [-0.3, -0.25) is 19.4 Å². The summed E-state index contributed by atoms with van der Waals surface area (Å²) in [6.07, 6.45) is 1.26. The molecule has 1 aliphatic heterocycles. The predicted molar refractivity (Wildman–Crippen MR) is 88.0 cm³/mol. The summed E-state index contributed by atoms with van der Waals surface area (Å²) in [5.74, 6) is -1.34. The maximum Gasteiger partial charge on any atom is 0.333 e. The van der Waals surface area contributed by atoms with Crippen molar-refractivity contribution in [3.63, 3.8) is 0 Å². The highest BCUT2D eigenvalue weighted by Gasteiger charge is 2.38. The molecular weight excluding hydrogens is 351 g/mol. The number of imide groups is 2. The zero-order valence-corrected chi connectivity index (χ0v) is 14.0. The van der Waals surface area contributed by atoms with Crippen molar-refractivity contribution in [3.8, 4) is 11.3 Å². The first-order valence-electron chi connectivity index (χ1n) is 7.16. The molecule has 128 valence electrons. The van der Waals surface area contributed by atoms with Gasteiger partial charge in [0.25, 0.3) is 11.8 Å². The molecule has 8 heteroatoms. The highest BCUT2D eigenvalue weighted by Crippen LogP contribution is 2.28. The number of likely N-dealkylation sites (N-methyl/N-ethyl adjacent to an activating group) is 2. The van der Waals surface area contributed by atoms with Gasteiger partial charge in [-0.2, -0.15) is 0 Å². The van der Waals surface area contributed by atoms with Gasteiger partial charge in [-0.1, -0.05) is 11.6 Å². The average molecular weight is 363 g/mol. The second kappa shape index (κ2) is 6.18. The molecule has 1 aromatic heterocycles. The normalized spacial score (nSPS) is 15.2. The summed E-state index contributed by atoms with van der Waals surface area (Å²) >= 11 is 5.75. The number of rotatable bonds is 2. The Morgan fingerprint density at radius 2 is 1.68 bits per heavy atom. The first-order valence-corrected chi connectivity index (χ1v) is 7.54. The molecule has 1 aromatic carbocycles. The molecule has 2 aromatic rings. The lowest BCUT2D eigenvalue weighted by Gasteiger charge is -2.28. The van der Waals surface area contributed by atoms with Crippen molar-refractivity contribution < 1.29 is 23.2 Å². The standard InChI is InChI=1S/C17H12ClFN2O4/c1-20-15(22)11(16(23)21(2)17(20)24)8-10-4-6-14(25-10)9-3-5-13(19)12(18)7-9/h3-8H,1-2H3. The summed E-state index contributed by atoms with van der Waals surface area (Å²) in [6.45, 7) is 0. The Labute approximate surface area is 147 Å². The summed E-state index contributed by atoms with van der Waals surface area (Å²) in [4.78, 5) is 37.7. The number of barbiturate groups is 1. The van der Waals surface area contributed by atoms with Crippen molar-refractivity contribution in [2.45, 2.75) is 0 Å². The highest BCUT2D eigenvalue weighted by atomic mass is 35.5. The SMILES string of the molecule is CN1C(=O)C(=Cc2ccc(-c3ccc(F)c(Cl)c3)o2)C(=O)N(C)C1=O. The molecule has 0 N–H and O–H groups in total. The Bertz CT molecular complexity index is 908. The van der Waals surface area contributed by atoms with Gasteiger partial charge >= 0.3 is 6.03 Å². The van der Waals surface area contributed by atoms with E-state index in [2.05, 4.69) is 0 Å². The van der Waals surface area contributed by atoms with Crippen molar-refractivity contribution >= 4 is 35.5 Å². The van der Waals surface area contributed by atoms with Crippen LogP contribution in [0.25, 0.3) is 17.4 Å². The fourth-order valence-corrected chi connectivity index (χ4v) is 2.53. The summed E-state index contributed by atoms with van der Waals surface area (Å²) in [7, 11) is 2.57. The number of nitrogens with zero attached hydrogens (tertiary/aromatic N) is 2. The van der Waals surface area contributed by atoms with Crippen molar-refractivity contribution in [2.24, 2.45) is 0 Å². The van der Waals surface area contributed by atoms with Crippen molar-refractivity contribution in [3.05, 3.63) is 52.5 Å². The predicted octanol–water partition coefficient (Wildman–Crippen LogP) is 3.17. The number of carbonyl (C=O) groups is 3. The average Bonchev–Trinajstić information content (AvgIpc) is 3.06. The van der Waals surface area contributed by atoms with Crippen LogP contribution in [-0.2, 0) is 9.59 Å². The summed E-state index contributed by atoms with van der Waals surface area (Å²) in [5, 5.41) is -0.0480. The van der Waals surface area contributed by atoms with Crippen molar-refractivity contribution in [1.29, 1.82) is 0 Å². The smallest absolute Gasteiger partial charge is 0.333 e. The van der Waals surface area contributed by atoms with E-state index in [9.17, 15) is 18.8 Å². The molecule has 1 aliphatic rings. The Kier molecular flexibility index (Phi) is 4.18. The third-order valence-corrected chi connectivity index (χ3v) is 4.05. The molecule has 25 heavy (non-hydrogen) atoms. The van der Waals surface area contributed by atoms with E-state index in [1.165, 1.54) is 38.4 Å². The lowest BCUT2D eigenvalue weighted by atomic mass is 10.1. The Morgan fingerprint density at radius 1 is 1.04 bits per heavy atom. The molecule has 2 heterocycles. The fourth-order valence-electron chi connectivity index (χ4n) is 2.35. The molecule has 6 nitrogen and oxygen atoms in total.